The Balaban J connectivity index is 2.10. The van der Waals surface area contributed by atoms with Gasteiger partial charge in [0.15, 0.2) is 0 Å². The van der Waals surface area contributed by atoms with Gasteiger partial charge in [-0.2, -0.15) is 0 Å². The van der Waals surface area contributed by atoms with E-state index >= 15 is 0 Å². The second kappa shape index (κ2) is 6.21. The van der Waals surface area contributed by atoms with Crippen molar-refractivity contribution in [2.24, 2.45) is 0 Å². The van der Waals surface area contributed by atoms with Crippen LogP contribution in [0, 0.1) is 0 Å². The highest BCUT2D eigenvalue weighted by Gasteiger charge is 2.43. The normalized spacial score (nSPS) is 20.7. The van der Waals surface area contributed by atoms with Gasteiger partial charge in [0.05, 0.1) is 0 Å². The molecule has 3 rings (SSSR count). The quantitative estimate of drug-likeness (QED) is 0.589. The molecule has 1 saturated carbocycles. The molecule has 1 heterocycles. The van der Waals surface area contributed by atoms with Crippen LogP contribution in [-0.2, 0) is 17.3 Å². The standard InChI is InChI=1S/C23H36O2/c1-21(2,3)17-14-18-16(19(20(17)24)22(4,5)6)15-23(25-18)12-10-8-7-9-11-13-23/h14,24H,7-13,15H2,1-6H3. The van der Waals surface area contributed by atoms with Crippen molar-refractivity contribution in [3.8, 4) is 11.5 Å². The topological polar surface area (TPSA) is 29.5 Å². The average molecular weight is 345 g/mol. The SMILES string of the molecule is CC(C)(C)c1cc2c(c(C(C)(C)C)c1O)CC1(CCCCCCC1)O2. The van der Waals surface area contributed by atoms with E-state index in [4.69, 9.17) is 4.74 Å². The molecule has 1 fully saturated rings. The predicted octanol–water partition coefficient (Wildman–Crippen LogP) is 6.41. The van der Waals surface area contributed by atoms with Gasteiger partial charge >= 0.3 is 0 Å². The van der Waals surface area contributed by atoms with Crippen LogP contribution in [-0.4, -0.2) is 10.7 Å². The molecule has 0 atom stereocenters. The van der Waals surface area contributed by atoms with E-state index in [1.807, 2.05) is 0 Å². The minimum absolute atomic E-state index is 0.0360. The van der Waals surface area contributed by atoms with Crippen molar-refractivity contribution in [3.05, 3.63) is 22.8 Å². The first-order valence-corrected chi connectivity index (χ1v) is 10.1. The Kier molecular flexibility index (Phi) is 4.62. The van der Waals surface area contributed by atoms with Crippen LogP contribution in [0.2, 0.25) is 0 Å². The molecule has 1 aromatic rings. The van der Waals surface area contributed by atoms with E-state index in [0.29, 0.717) is 5.75 Å². The van der Waals surface area contributed by atoms with E-state index in [2.05, 4.69) is 47.6 Å². The van der Waals surface area contributed by atoms with Gasteiger partial charge in [0.1, 0.15) is 17.1 Å². The van der Waals surface area contributed by atoms with E-state index in [9.17, 15) is 5.11 Å². The van der Waals surface area contributed by atoms with Crippen LogP contribution in [0.25, 0.3) is 0 Å². The van der Waals surface area contributed by atoms with E-state index < -0.39 is 0 Å². The molecule has 0 bridgehead atoms. The fourth-order valence-electron chi connectivity index (χ4n) is 4.75. The van der Waals surface area contributed by atoms with Gasteiger partial charge in [0, 0.05) is 23.1 Å². The maximum Gasteiger partial charge on any atom is 0.124 e. The van der Waals surface area contributed by atoms with Crippen molar-refractivity contribution >= 4 is 0 Å². The highest BCUT2D eigenvalue weighted by atomic mass is 16.5. The molecule has 2 nitrogen and oxygen atoms in total. The van der Waals surface area contributed by atoms with E-state index in [-0.39, 0.29) is 16.4 Å². The van der Waals surface area contributed by atoms with Gasteiger partial charge in [-0.1, -0.05) is 60.8 Å². The molecule has 1 aliphatic heterocycles. The Hall–Kier alpha value is -1.18. The molecule has 0 amide bonds. The fourth-order valence-corrected chi connectivity index (χ4v) is 4.75. The Morgan fingerprint density at radius 1 is 0.880 bits per heavy atom. The second-order valence-electron chi connectivity index (χ2n) is 10.4. The van der Waals surface area contributed by atoms with Crippen molar-refractivity contribution < 1.29 is 9.84 Å². The number of benzene rings is 1. The molecule has 25 heavy (non-hydrogen) atoms. The summed E-state index contributed by atoms with van der Waals surface area (Å²) >= 11 is 0. The molecule has 1 aromatic carbocycles. The molecule has 2 heteroatoms. The maximum atomic E-state index is 11.2. The third-order valence-electron chi connectivity index (χ3n) is 6.01. The summed E-state index contributed by atoms with van der Waals surface area (Å²) in [4.78, 5) is 0. The van der Waals surface area contributed by atoms with Gasteiger partial charge in [0.25, 0.3) is 0 Å². The van der Waals surface area contributed by atoms with Crippen molar-refractivity contribution in [1.29, 1.82) is 0 Å². The van der Waals surface area contributed by atoms with Crippen LogP contribution >= 0.6 is 0 Å². The lowest BCUT2D eigenvalue weighted by Gasteiger charge is -2.31. The Bertz CT molecular complexity index is 636. The summed E-state index contributed by atoms with van der Waals surface area (Å²) in [7, 11) is 0. The molecule has 1 N–H and O–H groups in total. The summed E-state index contributed by atoms with van der Waals surface area (Å²) in [6, 6.07) is 2.13. The zero-order valence-electron chi connectivity index (χ0n) is 17.1. The zero-order valence-corrected chi connectivity index (χ0v) is 17.1. The van der Waals surface area contributed by atoms with Crippen LogP contribution in [0.1, 0.15) is 103 Å². The van der Waals surface area contributed by atoms with Gasteiger partial charge < -0.3 is 9.84 Å². The number of rotatable bonds is 0. The monoisotopic (exact) mass is 344 g/mol. The Morgan fingerprint density at radius 3 is 1.96 bits per heavy atom. The molecule has 1 aliphatic carbocycles. The van der Waals surface area contributed by atoms with Crippen molar-refractivity contribution in [2.75, 3.05) is 0 Å². The molecule has 2 aliphatic rings. The van der Waals surface area contributed by atoms with Crippen molar-refractivity contribution in [2.45, 2.75) is 109 Å². The highest BCUT2D eigenvalue weighted by molar-refractivity contribution is 5.59. The first kappa shape index (κ1) is 18.6. The van der Waals surface area contributed by atoms with Crippen LogP contribution in [0.15, 0.2) is 6.07 Å². The first-order valence-electron chi connectivity index (χ1n) is 10.1. The van der Waals surface area contributed by atoms with Gasteiger partial charge in [-0.15, -0.1) is 0 Å². The minimum Gasteiger partial charge on any atom is -0.507 e. The number of hydrogen-bond donors (Lipinski definition) is 1. The minimum atomic E-state index is -0.0981. The second-order valence-corrected chi connectivity index (χ2v) is 10.4. The Morgan fingerprint density at radius 2 is 1.44 bits per heavy atom. The molecular formula is C23H36O2. The van der Waals surface area contributed by atoms with Crippen LogP contribution in [0.4, 0.5) is 0 Å². The molecule has 0 aromatic heterocycles. The van der Waals surface area contributed by atoms with Crippen LogP contribution in [0.3, 0.4) is 0 Å². The van der Waals surface area contributed by atoms with E-state index in [1.54, 1.807) is 0 Å². The zero-order chi connectivity index (χ0) is 18.5. The van der Waals surface area contributed by atoms with Gasteiger partial charge in [-0.3, -0.25) is 0 Å². The van der Waals surface area contributed by atoms with Crippen molar-refractivity contribution in [1.82, 2.24) is 0 Å². The lowest BCUT2D eigenvalue weighted by atomic mass is 9.75. The summed E-state index contributed by atoms with van der Waals surface area (Å²) < 4.78 is 6.69. The predicted molar refractivity (Wildman–Crippen MR) is 105 cm³/mol. The smallest absolute Gasteiger partial charge is 0.124 e. The fraction of sp³-hybridized carbons (Fsp3) is 0.739. The molecule has 0 radical (unpaired) electrons. The summed E-state index contributed by atoms with van der Waals surface area (Å²) in [6.45, 7) is 13.1. The number of aromatic hydroxyl groups is 1. The molecule has 140 valence electrons. The van der Waals surface area contributed by atoms with Gasteiger partial charge in [-0.25, -0.2) is 0 Å². The summed E-state index contributed by atoms with van der Waals surface area (Å²) in [5, 5.41) is 11.2. The number of ether oxygens (including phenoxy) is 1. The average Bonchev–Trinajstić information content (AvgIpc) is 2.78. The lowest BCUT2D eigenvalue weighted by Crippen LogP contribution is -2.35. The van der Waals surface area contributed by atoms with Gasteiger partial charge in [0.2, 0.25) is 0 Å². The molecule has 1 spiro atoms. The van der Waals surface area contributed by atoms with Crippen molar-refractivity contribution in [3.63, 3.8) is 0 Å². The summed E-state index contributed by atoms with van der Waals surface area (Å²) in [5.74, 6) is 1.53. The highest BCUT2D eigenvalue weighted by Crippen LogP contribution is 2.51. The third-order valence-corrected chi connectivity index (χ3v) is 6.01. The Labute approximate surface area is 154 Å². The number of fused-ring (bicyclic) bond motifs is 1. The first-order chi connectivity index (χ1) is 11.5. The van der Waals surface area contributed by atoms with Gasteiger partial charge in [-0.05, 0) is 42.6 Å². The lowest BCUT2D eigenvalue weighted by molar-refractivity contribution is 0.0639. The number of phenols is 1. The number of hydrogen-bond acceptors (Lipinski definition) is 2. The number of phenolic OH excluding ortho intramolecular Hbond substituents is 1. The molecule has 0 unspecified atom stereocenters. The third kappa shape index (κ3) is 3.55. The molecular weight excluding hydrogens is 308 g/mol. The summed E-state index contributed by atoms with van der Waals surface area (Å²) in [6.07, 6.45) is 9.80. The van der Waals surface area contributed by atoms with Crippen LogP contribution < -0.4 is 4.74 Å². The molecule has 0 saturated heterocycles. The largest absolute Gasteiger partial charge is 0.507 e. The van der Waals surface area contributed by atoms with E-state index in [1.165, 1.54) is 37.7 Å². The summed E-state index contributed by atoms with van der Waals surface area (Å²) in [5.41, 5.74) is 3.16. The maximum absolute atomic E-state index is 11.2. The van der Waals surface area contributed by atoms with E-state index in [0.717, 1.165) is 36.1 Å². The van der Waals surface area contributed by atoms with Crippen LogP contribution in [0.5, 0.6) is 11.5 Å².